The number of carbonyl (C=O) groups excluding carboxylic acids is 1. The molecule has 0 radical (unpaired) electrons. The number of nitrogens with one attached hydrogen (secondary N) is 2. The van der Waals surface area contributed by atoms with Crippen molar-refractivity contribution in [3.63, 3.8) is 0 Å². The molecule has 0 atom stereocenters. The van der Waals surface area contributed by atoms with Crippen molar-refractivity contribution in [1.82, 2.24) is 4.72 Å². The first-order valence-electron chi connectivity index (χ1n) is 7.56. The van der Waals surface area contributed by atoms with E-state index in [9.17, 15) is 13.2 Å². The number of rotatable bonds is 4. The van der Waals surface area contributed by atoms with Gasteiger partial charge in [0, 0.05) is 16.8 Å². The molecule has 0 fully saturated rings. The number of nitriles is 1. The summed E-state index contributed by atoms with van der Waals surface area (Å²) in [6, 6.07) is 14.2. The van der Waals surface area contributed by atoms with Crippen molar-refractivity contribution in [3.05, 3.63) is 59.7 Å². The van der Waals surface area contributed by atoms with Crippen LogP contribution in [0.1, 0.15) is 36.7 Å². The summed E-state index contributed by atoms with van der Waals surface area (Å²) in [7, 11) is -3.72. The van der Waals surface area contributed by atoms with Crippen LogP contribution in [0, 0.1) is 11.3 Å². The van der Waals surface area contributed by atoms with Gasteiger partial charge in [-0.2, -0.15) is 5.26 Å². The standard InChI is InChI=1S/C18H19N3O3S/c1-18(2,3)21-25(23,24)16-6-4-5-14(11-16)17(22)20-15-9-7-13(12-19)8-10-15/h4-11,21H,1-3H3,(H,20,22). The molecule has 2 rings (SSSR count). The first-order valence-corrected chi connectivity index (χ1v) is 9.05. The second-order valence-corrected chi connectivity index (χ2v) is 8.21. The van der Waals surface area contributed by atoms with E-state index in [1.54, 1.807) is 45.0 Å². The molecular formula is C18H19N3O3S. The van der Waals surface area contributed by atoms with E-state index in [4.69, 9.17) is 5.26 Å². The molecule has 2 aromatic rings. The molecule has 2 N–H and O–H groups in total. The monoisotopic (exact) mass is 357 g/mol. The van der Waals surface area contributed by atoms with E-state index in [-0.39, 0.29) is 10.5 Å². The summed E-state index contributed by atoms with van der Waals surface area (Å²) in [6.45, 7) is 5.23. The lowest BCUT2D eigenvalue weighted by Gasteiger charge is -2.20. The van der Waals surface area contributed by atoms with Gasteiger partial charge in [0.1, 0.15) is 0 Å². The van der Waals surface area contributed by atoms with E-state index in [0.717, 1.165) is 0 Å². The predicted octanol–water partition coefficient (Wildman–Crippen LogP) is 2.89. The number of sulfonamides is 1. The largest absolute Gasteiger partial charge is 0.322 e. The van der Waals surface area contributed by atoms with Gasteiger partial charge in [-0.1, -0.05) is 6.07 Å². The van der Waals surface area contributed by atoms with E-state index in [0.29, 0.717) is 11.3 Å². The third-order valence-corrected chi connectivity index (χ3v) is 4.87. The van der Waals surface area contributed by atoms with E-state index in [1.165, 1.54) is 24.3 Å². The molecular weight excluding hydrogens is 338 g/mol. The second kappa shape index (κ2) is 7.05. The zero-order valence-corrected chi connectivity index (χ0v) is 15.0. The van der Waals surface area contributed by atoms with Gasteiger partial charge in [0.05, 0.1) is 16.5 Å². The van der Waals surface area contributed by atoms with Crippen LogP contribution in [0.15, 0.2) is 53.4 Å². The molecule has 0 bridgehead atoms. The highest BCUT2D eigenvalue weighted by molar-refractivity contribution is 7.89. The molecule has 130 valence electrons. The molecule has 0 aliphatic rings. The van der Waals surface area contributed by atoms with Crippen molar-refractivity contribution >= 4 is 21.6 Å². The Balaban J connectivity index is 2.22. The molecule has 0 heterocycles. The summed E-state index contributed by atoms with van der Waals surface area (Å²) in [6.07, 6.45) is 0. The van der Waals surface area contributed by atoms with Crippen molar-refractivity contribution in [2.24, 2.45) is 0 Å². The van der Waals surface area contributed by atoms with Crippen molar-refractivity contribution in [1.29, 1.82) is 5.26 Å². The highest BCUT2D eigenvalue weighted by atomic mass is 32.2. The summed E-state index contributed by atoms with van der Waals surface area (Å²) < 4.78 is 27.3. The summed E-state index contributed by atoms with van der Waals surface area (Å²) in [5.41, 5.74) is 0.602. The summed E-state index contributed by atoms with van der Waals surface area (Å²) >= 11 is 0. The van der Waals surface area contributed by atoms with E-state index in [2.05, 4.69) is 10.0 Å². The average Bonchev–Trinajstić information content (AvgIpc) is 2.53. The summed E-state index contributed by atoms with van der Waals surface area (Å²) in [5.74, 6) is -0.433. The first-order chi connectivity index (χ1) is 11.6. The topological polar surface area (TPSA) is 99.1 Å². The molecule has 0 unspecified atom stereocenters. The van der Waals surface area contributed by atoms with Gasteiger partial charge in [-0.15, -0.1) is 0 Å². The summed E-state index contributed by atoms with van der Waals surface area (Å²) in [4.78, 5) is 12.4. The molecule has 0 saturated heterocycles. The maximum absolute atomic E-state index is 12.4. The number of benzene rings is 2. The third kappa shape index (κ3) is 5.14. The Hall–Kier alpha value is -2.69. The number of anilines is 1. The number of amides is 1. The zero-order valence-electron chi connectivity index (χ0n) is 14.2. The minimum atomic E-state index is -3.72. The lowest BCUT2D eigenvalue weighted by Crippen LogP contribution is -2.40. The van der Waals surface area contributed by atoms with Gasteiger partial charge in [-0.05, 0) is 63.2 Å². The molecule has 0 spiro atoms. The van der Waals surface area contributed by atoms with Crippen LogP contribution in [0.3, 0.4) is 0 Å². The third-order valence-electron chi connectivity index (χ3n) is 3.12. The number of nitrogens with zero attached hydrogens (tertiary/aromatic N) is 1. The fourth-order valence-electron chi connectivity index (χ4n) is 2.10. The highest BCUT2D eigenvalue weighted by Crippen LogP contribution is 2.16. The lowest BCUT2D eigenvalue weighted by atomic mass is 10.1. The fourth-order valence-corrected chi connectivity index (χ4v) is 3.56. The van der Waals surface area contributed by atoms with Crippen LogP contribution in [-0.2, 0) is 10.0 Å². The second-order valence-electron chi connectivity index (χ2n) is 6.53. The summed E-state index contributed by atoms with van der Waals surface area (Å²) in [5, 5.41) is 11.4. The van der Waals surface area contributed by atoms with Gasteiger partial charge in [-0.3, -0.25) is 4.79 Å². The molecule has 0 saturated carbocycles. The van der Waals surface area contributed by atoms with Crippen LogP contribution >= 0.6 is 0 Å². The van der Waals surface area contributed by atoms with Gasteiger partial charge in [0.25, 0.3) is 5.91 Å². The quantitative estimate of drug-likeness (QED) is 0.879. The molecule has 0 aliphatic heterocycles. The van der Waals surface area contributed by atoms with E-state index in [1.807, 2.05) is 6.07 Å². The Bertz CT molecular complexity index is 921. The Labute approximate surface area is 147 Å². The number of hydrogen-bond donors (Lipinski definition) is 2. The van der Waals surface area contributed by atoms with Crippen molar-refractivity contribution < 1.29 is 13.2 Å². The molecule has 7 heteroatoms. The van der Waals surface area contributed by atoms with Gasteiger partial charge < -0.3 is 5.32 Å². The van der Waals surface area contributed by atoms with Crippen LogP contribution in [0.5, 0.6) is 0 Å². The van der Waals surface area contributed by atoms with Gasteiger partial charge >= 0.3 is 0 Å². The number of carbonyl (C=O) groups is 1. The van der Waals surface area contributed by atoms with Crippen LogP contribution in [0.2, 0.25) is 0 Å². The van der Waals surface area contributed by atoms with Crippen LogP contribution in [-0.4, -0.2) is 19.9 Å². The Kier molecular flexibility index (Phi) is 5.26. The average molecular weight is 357 g/mol. The molecule has 2 aromatic carbocycles. The maximum atomic E-state index is 12.4. The molecule has 6 nitrogen and oxygen atoms in total. The number of hydrogen-bond acceptors (Lipinski definition) is 4. The fraction of sp³-hybridized carbons (Fsp3) is 0.222. The van der Waals surface area contributed by atoms with Gasteiger partial charge in [0.2, 0.25) is 10.0 Å². The van der Waals surface area contributed by atoms with Crippen molar-refractivity contribution in [2.75, 3.05) is 5.32 Å². The maximum Gasteiger partial charge on any atom is 0.255 e. The Morgan fingerprint density at radius 3 is 2.28 bits per heavy atom. The van der Waals surface area contributed by atoms with Crippen LogP contribution < -0.4 is 10.0 Å². The Morgan fingerprint density at radius 1 is 1.08 bits per heavy atom. The lowest BCUT2D eigenvalue weighted by molar-refractivity contribution is 0.102. The minimum Gasteiger partial charge on any atom is -0.322 e. The smallest absolute Gasteiger partial charge is 0.255 e. The highest BCUT2D eigenvalue weighted by Gasteiger charge is 2.22. The van der Waals surface area contributed by atoms with Gasteiger partial charge in [0.15, 0.2) is 0 Å². The van der Waals surface area contributed by atoms with E-state index < -0.39 is 21.5 Å². The first kappa shape index (κ1) is 18.6. The molecule has 0 aromatic heterocycles. The molecule has 0 aliphatic carbocycles. The van der Waals surface area contributed by atoms with E-state index >= 15 is 0 Å². The van der Waals surface area contributed by atoms with Crippen LogP contribution in [0.4, 0.5) is 5.69 Å². The molecule has 25 heavy (non-hydrogen) atoms. The minimum absolute atomic E-state index is 0.0231. The molecule has 1 amide bonds. The zero-order chi connectivity index (χ0) is 18.7. The Morgan fingerprint density at radius 2 is 1.72 bits per heavy atom. The SMILES string of the molecule is CC(C)(C)NS(=O)(=O)c1cccc(C(=O)Nc2ccc(C#N)cc2)c1. The van der Waals surface area contributed by atoms with Gasteiger partial charge in [-0.25, -0.2) is 13.1 Å². The van der Waals surface area contributed by atoms with Crippen LogP contribution in [0.25, 0.3) is 0 Å². The normalized spacial score (nSPS) is 11.6. The van der Waals surface area contributed by atoms with Crippen molar-refractivity contribution in [3.8, 4) is 6.07 Å². The van der Waals surface area contributed by atoms with Crippen molar-refractivity contribution in [2.45, 2.75) is 31.2 Å². The predicted molar refractivity (Wildman–Crippen MR) is 95.6 cm³/mol.